The number of ether oxygens (including phenoxy) is 3. The molecule has 0 aliphatic rings. The summed E-state index contributed by atoms with van der Waals surface area (Å²) in [5.41, 5.74) is 0.920. The molecular weight excluding hydrogens is 368 g/mol. The van der Waals surface area contributed by atoms with E-state index in [-0.39, 0.29) is 23.0 Å². The number of phenolic OH excluding ortho intramolecular Hbond substituents is 1. The van der Waals surface area contributed by atoms with Crippen LogP contribution in [-0.4, -0.2) is 41.5 Å². The third-order valence-electron chi connectivity index (χ3n) is 3.54. The van der Waals surface area contributed by atoms with E-state index in [1.54, 1.807) is 12.1 Å². The molecule has 2 aromatic carbocycles. The Balaban J connectivity index is 2.35. The molecule has 0 fully saturated rings. The summed E-state index contributed by atoms with van der Waals surface area (Å²) in [4.78, 5) is 22.2. The van der Waals surface area contributed by atoms with Gasteiger partial charge in [0.25, 0.3) is 0 Å². The number of aliphatic carboxylic acids is 2. The number of carbonyl (C=O) groups is 2. The lowest BCUT2D eigenvalue weighted by molar-refractivity contribution is -0.135. The molecule has 8 heteroatoms. The zero-order valence-electron chi connectivity index (χ0n) is 15.1. The SMILES string of the molecule is COc1ccc(C=C(Oc2ccc(C=CC(=O)O)cc2OC)C(=O)O)cc1O. The average molecular weight is 386 g/mol. The lowest BCUT2D eigenvalue weighted by Crippen LogP contribution is -2.08. The van der Waals surface area contributed by atoms with Gasteiger partial charge in [0, 0.05) is 6.08 Å². The third kappa shape index (κ3) is 5.28. The molecule has 0 amide bonds. The van der Waals surface area contributed by atoms with Gasteiger partial charge in [-0.05, 0) is 47.5 Å². The molecule has 3 N–H and O–H groups in total. The van der Waals surface area contributed by atoms with Gasteiger partial charge in [-0.25, -0.2) is 9.59 Å². The minimum atomic E-state index is -1.33. The Morgan fingerprint density at radius 2 is 1.54 bits per heavy atom. The molecule has 2 rings (SSSR count). The number of aromatic hydroxyl groups is 1. The van der Waals surface area contributed by atoms with Crippen molar-refractivity contribution in [1.82, 2.24) is 0 Å². The van der Waals surface area contributed by atoms with Crippen molar-refractivity contribution < 1.29 is 39.1 Å². The summed E-state index contributed by atoms with van der Waals surface area (Å²) in [5, 5.41) is 27.9. The fraction of sp³-hybridized carbons (Fsp3) is 0.100. The second-order valence-corrected chi connectivity index (χ2v) is 5.43. The zero-order valence-corrected chi connectivity index (χ0v) is 15.1. The first-order chi connectivity index (χ1) is 13.3. The van der Waals surface area contributed by atoms with E-state index >= 15 is 0 Å². The van der Waals surface area contributed by atoms with Gasteiger partial charge in [-0.1, -0.05) is 12.1 Å². The van der Waals surface area contributed by atoms with Crippen LogP contribution in [0.25, 0.3) is 12.2 Å². The topological polar surface area (TPSA) is 123 Å². The Morgan fingerprint density at radius 3 is 2.11 bits per heavy atom. The summed E-state index contributed by atoms with van der Waals surface area (Å²) in [6.45, 7) is 0. The van der Waals surface area contributed by atoms with Crippen LogP contribution in [0, 0.1) is 0 Å². The average Bonchev–Trinajstić information content (AvgIpc) is 2.66. The first kappa shape index (κ1) is 20.4. The van der Waals surface area contributed by atoms with Crippen molar-refractivity contribution in [3.8, 4) is 23.0 Å². The maximum Gasteiger partial charge on any atom is 0.371 e. The van der Waals surface area contributed by atoms with E-state index in [1.165, 1.54) is 50.6 Å². The van der Waals surface area contributed by atoms with Gasteiger partial charge < -0.3 is 29.5 Å². The summed E-state index contributed by atoms with van der Waals surface area (Å²) >= 11 is 0. The first-order valence-corrected chi connectivity index (χ1v) is 7.93. The molecule has 0 saturated carbocycles. The van der Waals surface area contributed by atoms with E-state index in [0.717, 1.165) is 6.08 Å². The highest BCUT2D eigenvalue weighted by Gasteiger charge is 2.15. The van der Waals surface area contributed by atoms with Crippen LogP contribution in [0.5, 0.6) is 23.0 Å². The van der Waals surface area contributed by atoms with E-state index in [2.05, 4.69) is 0 Å². The van der Waals surface area contributed by atoms with E-state index in [4.69, 9.17) is 19.3 Å². The van der Waals surface area contributed by atoms with Gasteiger partial charge >= 0.3 is 11.9 Å². The maximum atomic E-state index is 11.6. The normalized spacial score (nSPS) is 11.3. The predicted molar refractivity (Wildman–Crippen MR) is 101 cm³/mol. The molecule has 0 spiro atoms. The van der Waals surface area contributed by atoms with Gasteiger partial charge in [0.2, 0.25) is 5.76 Å². The van der Waals surface area contributed by atoms with Crippen LogP contribution in [0.1, 0.15) is 11.1 Å². The van der Waals surface area contributed by atoms with Crippen LogP contribution in [0.15, 0.2) is 48.2 Å². The number of methoxy groups -OCH3 is 2. The van der Waals surface area contributed by atoms with E-state index in [9.17, 15) is 19.8 Å². The Hall–Kier alpha value is -3.94. The van der Waals surface area contributed by atoms with Crippen molar-refractivity contribution in [1.29, 1.82) is 0 Å². The highest BCUT2D eigenvalue weighted by Crippen LogP contribution is 2.31. The molecule has 0 saturated heterocycles. The highest BCUT2D eigenvalue weighted by atomic mass is 16.5. The molecule has 0 aromatic heterocycles. The van der Waals surface area contributed by atoms with Crippen molar-refractivity contribution in [2.45, 2.75) is 0 Å². The molecule has 0 aliphatic carbocycles. The number of hydrogen-bond donors (Lipinski definition) is 3. The van der Waals surface area contributed by atoms with E-state index < -0.39 is 17.7 Å². The molecule has 0 aliphatic heterocycles. The summed E-state index contributed by atoms with van der Waals surface area (Å²) in [5.74, 6) is -2.38. The Labute approximate surface area is 160 Å². The van der Waals surface area contributed by atoms with Crippen LogP contribution >= 0.6 is 0 Å². The third-order valence-corrected chi connectivity index (χ3v) is 3.54. The van der Waals surface area contributed by atoms with Crippen molar-refractivity contribution in [3.05, 3.63) is 59.4 Å². The molecule has 28 heavy (non-hydrogen) atoms. The summed E-state index contributed by atoms with van der Waals surface area (Å²) in [7, 11) is 2.77. The van der Waals surface area contributed by atoms with E-state index in [1.807, 2.05) is 0 Å². The highest BCUT2D eigenvalue weighted by molar-refractivity contribution is 5.90. The van der Waals surface area contributed by atoms with Crippen molar-refractivity contribution >= 4 is 24.1 Å². The summed E-state index contributed by atoms with van der Waals surface area (Å²) in [6.07, 6.45) is 3.57. The van der Waals surface area contributed by atoms with Crippen molar-refractivity contribution in [2.75, 3.05) is 14.2 Å². The van der Waals surface area contributed by atoms with Crippen molar-refractivity contribution in [2.24, 2.45) is 0 Å². The van der Waals surface area contributed by atoms with Gasteiger partial charge in [0.1, 0.15) is 0 Å². The molecule has 0 radical (unpaired) electrons. The van der Waals surface area contributed by atoms with Crippen LogP contribution < -0.4 is 14.2 Å². The minimum absolute atomic E-state index is 0.126. The van der Waals surface area contributed by atoms with Gasteiger partial charge in [-0.2, -0.15) is 0 Å². The molecule has 0 heterocycles. The second-order valence-electron chi connectivity index (χ2n) is 5.43. The van der Waals surface area contributed by atoms with E-state index in [0.29, 0.717) is 11.1 Å². The minimum Gasteiger partial charge on any atom is -0.504 e. The largest absolute Gasteiger partial charge is 0.504 e. The summed E-state index contributed by atoms with van der Waals surface area (Å²) in [6, 6.07) is 8.90. The van der Waals surface area contributed by atoms with Gasteiger partial charge in [0.15, 0.2) is 23.0 Å². The fourth-order valence-electron chi connectivity index (χ4n) is 2.24. The number of hydrogen-bond acceptors (Lipinski definition) is 6. The van der Waals surface area contributed by atoms with Crippen molar-refractivity contribution in [3.63, 3.8) is 0 Å². The smallest absolute Gasteiger partial charge is 0.371 e. The predicted octanol–water partition coefficient (Wildman–Crippen LogP) is 3.01. The number of rotatable bonds is 8. The summed E-state index contributed by atoms with van der Waals surface area (Å²) < 4.78 is 15.6. The van der Waals surface area contributed by atoms with Gasteiger partial charge in [0.05, 0.1) is 14.2 Å². The molecule has 2 aromatic rings. The quantitative estimate of drug-likeness (QED) is 0.467. The first-order valence-electron chi connectivity index (χ1n) is 7.93. The lowest BCUT2D eigenvalue weighted by atomic mass is 10.1. The van der Waals surface area contributed by atoms with Crippen LogP contribution in [0.2, 0.25) is 0 Å². The van der Waals surface area contributed by atoms with Crippen LogP contribution in [0.3, 0.4) is 0 Å². The Bertz CT molecular complexity index is 943. The molecular formula is C20H18O8. The van der Waals surface area contributed by atoms with Gasteiger partial charge in [-0.3, -0.25) is 0 Å². The number of carboxylic acid groups (broad SMARTS) is 2. The maximum absolute atomic E-state index is 11.6. The monoisotopic (exact) mass is 386 g/mol. The van der Waals surface area contributed by atoms with Crippen LogP contribution in [-0.2, 0) is 9.59 Å². The Morgan fingerprint density at radius 1 is 0.893 bits per heavy atom. The standard InChI is InChI=1S/C20H18O8/c1-26-15-6-4-13(9-14(15)21)11-18(20(24)25)28-16-7-3-12(5-8-19(22)23)10-17(16)27-2/h3-11,21H,1-2H3,(H,22,23)(H,24,25). The number of benzene rings is 2. The molecule has 146 valence electrons. The second kappa shape index (κ2) is 9.13. The zero-order chi connectivity index (χ0) is 20.7. The number of phenols is 1. The van der Waals surface area contributed by atoms with Crippen LogP contribution in [0.4, 0.5) is 0 Å². The molecule has 0 atom stereocenters. The lowest BCUT2D eigenvalue weighted by Gasteiger charge is -2.12. The molecule has 0 bridgehead atoms. The Kier molecular flexibility index (Phi) is 6.64. The molecule has 0 unspecified atom stereocenters. The van der Waals surface area contributed by atoms with Gasteiger partial charge in [-0.15, -0.1) is 0 Å². The number of carboxylic acids is 2. The fourth-order valence-corrected chi connectivity index (χ4v) is 2.24. The molecule has 8 nitrogen and oxygen atoms in total.